The molecule has 0 atom stereocenters. The van der Waals surface area contributed by atoms with Gasteiger partial charge in [0.2, 0.25) is 0 Å². The second kappa shape index (κ2) is 7.47. The molecular weight excluding hydrogens is 326 g/mol. The van der Waals surface area contributed by atoms with Crippen LogP contribution < -0.4 is 0 Å². The zero-order valence-electron chi connectivity index (χ0n) is 14.5. The number of aromatic nitrogens is 3. The smallest absolute Gasteiger partial charge is 0.158 e. The van der Waals surface area contributed by atoms with Crippen molar-refractivity contribution in [3.8, 4) is 11.3 Å². The van der Waals surface area contributed by atoms with E-state index in [1.54, 1.807) is 6.20 Å². The number of fused-ring (bicyclic) bond motifs is 1. The SMILES string of the molecule is COOCc1cnc2c(c1)c(-c1ccccc1)nn2Cc1ccccc1. The number of rotatable bonds is 6. The third-order valence-corrected chi connectivity index (χ3v) is 4.21. The third-order valence-electron chi connectivity index (χ3n) is 4.21. The first-order chi connectivity index (χ1) is 12.8. The van der Waals surface area contributed by atoms with Crippen LogP contribution in [0.2, 0.25) is 0 Å². The summed E-state index contributed by atoms with van der Waals surface area (Å²) in [4.78, 5) is 14.4. The Bertz CT molecular complexity index is 998. The van der Waals surface area contributed by atoms with E-state index in [2.05, 4.69) is 35.3 Å². The lowest BCUT2D eigenvalue weighted by Gasteiger charge is -2.04. The van der Waals surface area contributed by atoms with E-state index in [1.807, 2.05) is 41.1 Å². The van der Waals surface area contributed by atoms with E-state index in [9.17, 15) is 0 Å². The van der Waals surface area contributed by atoms with Crippen LogP contribution in [0.15, 0.2) is 72.9 Å². The van der Waals surface area contributed by atoms with Crippen molar-refractivity contribution in [1.82, 2.24) is 14.8 Å². The third kappa shape index (κ3) is 3.35. The average molecular weight is 345 g/mol. The fourth-order valence-electron chi connectivity index (χ4n) is 2.98. The Morgan fingerprint density at radius 3 is 2.38 bits per heavy atom. The fraction of sp³-hybridized carbons (Fsp3) is 0.143. The first kappa shape index (κ1) is 16.4. The Morgan fingerprint density at radius 2 is 1.65 bits per heavy atom. The van der Waals surface area contributed by atoms with E-state index in [1.165, 1.54) is 12.7 Å². The van der Waals surface area contributed by atoms with Crippen molar-refractivity contribution in [2.24, 2.45) is 0 Å². The maximum atomic E-state index is 5.05. The maximum Gasteiger partial charge on any atom is 0.158 e. The van der Waals surface area contributed by atoms with E-state index in [0.717, 1.165) is 27.9 Å². The van der Waals surface area contributed by atoms with Crippen molar-refractivity contribution < 1.29 is 9.78 Å². The summed E-state index contributed by atoms with van der Waals surface area (Å²) < 4.78 is 1.95. The van der Waals surface area contributed by atoms with E-state index in [4.69, 9.17) is 14.9 Å². The van der Waals surface area contributed by atoms with Gasteiger partial charge in [-0.2, -0.15) is 5.10 Å². The molecule has 2 aromatic carbocycles. The van der Waals surface area contributed by atoms with Gasteiger partial charge in [0.1, 0.15) is 12.3 Å². The van der Waals surface area contributed by atoms with Gasteiger partial charge in [0.05, 0.1) is 13.7 Å². The Hall–Kier alpha value is -3.02. The highest BCUT2D eigenvalue weighted by molar-refractivity contribution is 5.91. The molecule has 0 saturated carbocycles. The van der Waals surface area contributed by atoms with Crippen LogP contribution in [-0.4, -0.2) is 21.9 Å². The molecule has 0 fully saturated rings. The molecule has 0 N–H and O–H groups in total. The minimum absolute atomic E-state index is 0.345. The molecule has 2 heterocycles. The van der Waals surface area contributed by atoms with E-state index in [0.29, 0.717) is 13.2 Å². The van der Waals surface area contributed by atoms with Crippen molar-refractivity contribution in [3.05, 3.63) is 84.1 Å². The molecule has 0 aliphatic heterocycles. The largest absolute Gasteiger partial charge is 0.242 e. The van der Waals surface area contributed by atoms with Crippen LogP contribution in [0.4, 0.5) is 0 Å². The van der Waals surface area contributed by atoms with Gasteiger partial charge in [-0.15, -0.1) is 0 Å². The van der Waals surface area contributed by atoms with Crippen LogP contribution in [0, 0.1) is 0 Å². The van der Waals surface area contributed by atoms with Crippen LogP contribution in [0.1, 0.15) is 11.1 Å². The zero-order valence-corrected chi connectivity index (χ0v) is 14.5. The van der Waals surface area contributed by atoms with Gasteiger partial charge in [-0.05, 0) is 11.6 Å². The molecule has 2 aromatic heterocycles. The first-order valence-electron chi connectivity index (χ1n) is 8.45. The molecule has 130 valence electrons. The molecule has 5 nitrogen and oxygen atoms in total. The Balaban J connectivity index is 1.82. The molecule has 4 rings (SSSR count). The second-order valence-corrected chi connectivity index (χ2v) is 6.00. The lowest BCUT2D eigenvalue weighted by molar-refractivity contribution is -0.282. The van der Waals surface area contributed by atoms with Crippen LogP contribution in [0.25, 0.3) is 22.3 Å². The van der Waals surface area contributed by atoms with E-state index >= 15 is 0 Å². The normalized spacial score (nSPS) is 11.1. The summed E-state index contributed by atoms with van der Waals surface area (Å²) in [5.41, 5.74) is 4.97. The van der Waals surface area contributed by atoms with Gasteiger partial charge in [0.15, 0.2) is 5.65 Å². The average Bonchev–Trinajstić information content (AvgIpc) is 3.05. The van der Waals surface area contributed by atoms with Gasteiger partial charge in [0.25, 0.3) is 0 Å². The van der Waals surface area contributed by atoms with Crippen molar-refractivity contribution in [3.63, 3.8) is 0 Å². The van der Waals surface area contributed by atoms with Gasteiger partial charge in [-0.25, -0.2) is 19.4 Å². The lowest BCUT2D eigenvalue weighted by Crippen LogP contribution is -2.03. The summed E-state index contributed by atoms with van der Waals surface area (Å²) in [5, 5.41) is 5.86. The molecule has 0 aliphatic rings. The highest BCUT2D eigenvalue weighted by atomic mass is 17.2. The van der Waals surface area contributed by atoms with Crippen LogP contribution in [0.5, 0.6) is 0 Å². The topological polar surface area (TPSA) is 49.2 Å². The summed E-state index contributed by atoms with van der Waals surface area (Å²) in [7, 11) is 1.50. The Morgan fingerprint density at radius 1 is 0.923 bits per heavy atom. The molecule has 0 spiro atoms. The molecular formula is C21H19N3O2. The number of benzene rings is 2. The highest BCUT2D eigenvalue weighted by Gasteiger charge is 2.14. The molecule has 0 radical (unpaired) electrons. The molecule has 0 bridgehead atoms. The highest BCUT2D eigenvalue weighted by Crippen LogP contribution is 2.28. The quantitative estimate of drug-likeness (QED) is 0.388. The van der Waals surface area contributed by atoms with E-state index in [-0.39, 0.29) is 0 Å². The number of pyridine rings is 1. The minimum Gasteiger partial charge on any atom is -0.242 e. The molecule has 26 heavy (non-hydrogen) atoms. The van der Waals surface area contributed by atoms with Crippen molar-refractivity contribution >= 4 is 11.0 Å². The van der Waals surface area contributed by atoms with Gasteiger partial charge < -0.3 is 0 Å². The minimum atomic E-state index is 0.345. The lowest BCUT2D eigenvalue weighted by atomic mass is 10.1. The standard InChI is InChI=1S/C21H19N3O2/c1-25-26-15-17-12-19-20(18-10-6-3-7-11-18)23-24(21(19)22-13-17)14-16-8-4-2-5-9-16/h2-13H,14-15H2,1H3. The van der Waals surface area contributed by atoms with Crippen molar-refractivity contribution in [2.75, 3.05) is 7.11 Å². The number of nitrogens with zero attached hydrogens (tertiary/aromatic N) is 3. The predicted molar refractivity (Wildman–Crippen MR) is 100 cm³/mol. The molecule has 4 aromatic rings. The Kier molecular flexibility index (Phi) is 4.73. The van der Waals surface area contributed by atoms with Gasteiger partial charge in [0, 0.05) is 22.7 Å². The predicted octanol–water partition coefficient (Wildman–Crippen LogP) is 4.22. The fourth-order valence-corrected chi connectivity index (χ4v) is 2.98. The molecule has 5 heteroatoms. The Labute approximate surface area is 151 Å². The summed E-state index contributed by atoms with van der Waals surface area (Å²) in [6, 6.07) is 22.5. The van der Waals surface area contributed by atoms with Crippen LogP contribution >= 0.6 is 0 Å². The first-order valence-corrected chi connectivity index (χ1v) is 8.45. The van der Waals surface area contributed by atoms with Crippen molar-refractivity contribution in [2.45, 2.75) is 13.2 Å². The molecule has 0 amide bonds. The zero-order chi connectivity index (χ0) is 17.8. The second-order valence-electron chi connectivity index (χ2n) is 6.00. The van der Waals surface area contributed by atoms with E-state index < -0.39 is 0 Å². The number of hydrogen-bond acceptors (Lipinski definition) is 4. The summed E-state index contributed by atoms with van der Waals surface area (Å²) in [5.74, 6) is 0. The van der Waals surface area contributed by atoms with Gasteiger partial charge >= 0.3 is 0 Å². The van der Waals surface area contributed by atoms with Crippen LogP contribution in [0.3, 0.4) is 0 Å². The molecule has 0 unspecified atom stereocenters. The van der Waals surface area contributed by atoms with Gasteiger partial charge in [-0.1, -0.05) is 60.7 Å². The van der Waals surface area contributed by atoms with Crippen LogP contribution in [-0.2, 0) is 22.9 Å². The van der Waals surface area contributed by atoms with Crippen molar-refractivity contribution in [1.29, 1.82) is 0 Å². The number of hydrogen-bond donors (Lipinski definition) is 0. The summed E-state index contributed by atoms with van der Waals surface area (Å²) in [6.07, 6.45) is 1.80. The summed E-state index contributed by atoms with van der Waals surface area (Å²) >= 11 is 0. The monoisotopic (exact) mass is 345 g/mol. The molecule has 0 aliphatic carbocycles. The maximum absolute atomic E-state index is 5.05. The molecule has 0 saturated heterocycles. The van der Waals surface area contributed by atoms with Gasteiger partial charge in [-0.3, -0.25) is 0 Å². The summed E-state index contributed by atoms with van der Waals surface area (Å²) in [6.45, 7) is 1.02.